The molecule has 0 radical (unpaired) electrons. The van der Waals surface area contributed by atoms with Crippen LogP contribution in [0, 0.1) is 5.41 Å². The van der Waals surface area contributed by atoms with Crippen molar-refractivity contribution in [3.05, 3.63) is 46.8 Å². The van der Waals surface area contributed by atoms with Crippen molar-refractivity contribution in [2.75, 3.05) is 0 Å². The zero-order valence-corrected chi connectivity index (χ0v) is 10.7. The van der Waals surface area contributed by atoms with E-state index in [1.54, 1.807) is 6.08 Å². The summed E-state index contributed by atoms with van der Waals surface area (Å²) in [6.45, 7) is 12.2. The molecule has 0 aliphatic rings. The lowest BCUT2D eigenvalue weighted by molar-refractivity contribution is 0.385. The molecule has 0 saturated heterocycles. The van der Waals surface area contributed by atoms with Crippen LogP contribution in [0.4, 0.5) is 0 Å². The first-order valence-corrected chi connectivity index (χ1v) is 5.42. The number of hydrogen-bond acceptors (Lipinski definition) is 3. The number of aromatic amines is 1. The predicted molar refractivity (Wildman–Crippen MR) is 68.5 cm³/mol. The zero-order chi connectivity index (χ0) is 13.1. The highest BCUT2D eigenvalue weighted by molar-refractivity contribution is 5.69. The number of nitrogens with one attached hydrogen (secondary N) is 1. The SMILES string of the molecule is C=C/C(=C\C=C(/C)C(C)(C)C)c1noc(=O)[nH]1. The Bertz CT molecular complexity index is 510. The van der Waals surface area contributed by atoms with Gasteiger partial charge in [0, 0.05) is 5.57 Å². The first kappa shape index (κ1) is 13.2. The molecule has 1 heterocycles. The fourth-order valence-electron chi connectivity index (χ4n) is 1.06. The third kappa shape index (κ3) is 3.59. The minimum atomic E-state index is -0.565. The molecule has 17 heavy (non-hydrogen) atoms. The molecule has 0 amide bonds. The van der Waals surface area contributed by atoms with Gasteiger partial charge in [0.15, 0.2) is 5.82 Å². The van der Waals surface area contributed by atoms with Gasteiger partial charge in [0.1, 0.15) is 0 Å². The van der Waals surface area contributed by atoms with Gasteiger partial charge in [-0.2, -0.15) is 0 Å². The van der Waals surface area contributed by atoms with E-state index in [0.717, 1.165) is 5.57 Å². The standard InChI is InChI=1S/C13H18N2O2/c1-6-10(11-14-12(16)17-15-11)8-7-9(2)13(3,4)5/h6-8H,1H2,2-5H3,(H,14,15,16)/b9-7+,10-8+. The molecule has 0 spiro atoms. The van der Waals surface area contributed by atoms with Gasteiger partial charge in [0.05, 0.1) is 0 Å². The van der Waals surface area contributed by atoms with Gasteiger partial charge in [-0.25, -0.2) is 4.79 Å². The number of rotatable bonds is 3. The first-order valence-electron chi connectivity index (χ1n) is 5.42. The van der Waals surface area contributed by atoms with Crippen LogP contribution in [0.3, 0.4) is 0 Å². The molecule has 0 aliphatic carbocycles. The lowest BCUT2D eigenvalue weighted by Gasteiger charge is -2.18. The number of hydrogen-bond donors (Lipinski definition) is 1. The molecule has 4 nitrogen and oxygen atoms in total. The molecule has 1 N–H and O–H groups in total. The summed E-state index contributed by atoms with van der Waals surface area (Å²) in [5.41, 5.74) is 2.06. The highest BCUT2D eigenvalue weighted by Crippen LogP contribution is 2.24. The van der Waals surface area contributed by atoms with Crippen molar-refractivity contribution >= 4 is 5.57 Å². The summed E-state index contributed by atoms with van der Waals surface area (Å²) in [5, 5.41) is 3.62. The zero-order valence-electron chi connectivity index (χ0n) is 10.7. The lowest BCUT2D eigenvalue weighted by Crippen LogP contribution is -2.05. The van der Waals surface area contributed by atoms with Crippen molar-refractivity contribution in [2.45, 2.75) is 27.7 Å². The molecular formula is C13H18N2O2. The molecule has 4 heteroatoms. The smallest absolute Gasteiger partial charge is 0.296 e. The molecular weight excluding hydrogens is 216 g/mol. The number of allylic oxidation sites excluding steroid dienone is 5. The van der Waals surface area contributed by atoms with E-state index < -0.39 is 5.76 Å². The highest BCUT2D eigenvalue weighted by atomic mass is 16.5. The molecule has 1 aromatic rings. The Morgan fingerprint density at radius 2 is 2.06 bits per heavy atom. The number of nitrogens with zero attached hydrogens (tertiary/aromatic N) is 1. The maximum absolute atomic E-state index is 10.8. The fourth-order valence-corrected chi connectivity index (χ4v) is 1.06. The summed E-state index contributed by atoms with van der Waals surface area (Å²) in [6, 6.07) is 0. The largest absolute Gasteiger partial charge is 0.439 e. The monoisotopic (exact) mass is 234 g/mol. The van der Waals surface area contributed by atoms with E-state index >= 15 is 0 Å². The van der Waals surface area contributed by atoms with Crippen LogP contribution in [0.5, 0.6) is 0 Å². The Balaban J connectivity index is 3.04. The van der Waals surface area contributed by atoms with E-state index in [0.29, 0.717) is 5.82 Å². The van der Waals surface area contributed by atoms with Crippen LogP contribution in [0.25, 0.3) is 5.57 Å². The van der Waals surface area contributed by atoms with Crippen LogP contribution in [-0.4, -0.2) is 10.1 Å². The van der Waals surface area contributed by atoms with Gasteiger partial charge < -0.3 is 0 Å². The summed E-state index contributed by atoms with van der Waals surface area (Å²) in [4.78, 5) is 13.3. The van der Waals surface area contributed by atoms with Crippen molar-refractivity contribution in [3.63, 3.8) is 0 Å². The van der Waals surface area contributed by atoms with Crippen molar-refractivity contribution in [3.8, 4) is 0 Å². The highest BCUT2D eigenvalue weighted by Gasteiger charge is 2.11. The quantitative estimate of drug-likeness (QED) is 0.818. The summed E-state index contributed by atoms with van der Waals surface area (Å²) >= 11 is 0. The van der Waals surface area contributed by atoms with Crippen LogP contribution < -0.4 is 5.76 Å². The molecule has 0 saturated carbocycles. The Kier molecular flexibility index (Phi) is 3.89. The number of aromatic nitrogens is 2. The minimum Gasteiger partial charge on any atom is -0.296 e. The van der Waals surface area contributed by atoms with Gasteiger partial charge in [-0.15, -0.1) is 0 Å². The van der Waals surface area contributed by atoms with Crippen molar-refractivity contribution in [1.29, 1.82) is 0 Å². The molecule has 0 unspecified atom stereocenters. The maximum Gasteiger partial charge on any atom is 0.439 e. The Labute approximate surface area is 101 Å². The summed E-state index contributed by atoms with van der Waals surface area (Å²) in [7, 11) is 0. The molecule has 92 valence electrons. The topological polar surface area (TPSA) is 58.9 Å². The van der Waals surface area contributed by atoms with Gasteiger partial charge in [-0.1, -0.05) is 56.3 Å². The molecule has 1 rings (SSSR count). The Morgan fingerprint density at radius 3 is 2.47 bits per heavy atom. The summed E-state index contributed by atoms with van der Waals surface area (Å²) in [6.07, 6.45) is 5.48. The van der Waals surface area contributed by atoms with Gasteiger partial charge in [-0.05, 0) is 12.3 Å². The Morgan fingerprint density at radius 1 is 1.41 bits per heavy atom. The van der Waals surface area contributed by atoms with E-state index in [-0.39, 0.29) is 5.41 Å². The van der Waals surface area contributed by atoms with E-state index in [9.17, 15) is 4.79 Å². The van der Waals surface area contributed by atoms with E-state index in [4.69, 9.17) is 0 Å². The van der Waals surface area contributed by atoms with Gasteiger partial charge in [-0.3, -0.25) is 9.51 Å². The minimum absolute atomic E-state index is 0.111. The van der Waals surface area contributed by atoms with Crippen molar-refractivity contribution in [1.82, 2.24) is 10.1 Å². The lowest BCUT2D eigenvalue weighted by atomic mass is 9.87. The predicted octanol–water partition coefficient (Wildman–Crippen LogP) is 2.92. The molecule has 0 fully saturated rings. The van der Waals surface area contributed by atoms with Crippen LogP contribution in [-0.2, 0) is 0 Å². The second-order valence-electron chi connectivity index (χ2n) is 4.87. The number of H-pyrrole nitrogens is 1. The molecule has 0 bridgehead atoms. The second kappa shape index (κ2) is 4.99. The average Bonchev–Trinajstić information content (AvgIpc) is 2.64. The molecule has 1 aromatic heterocycles. The first-order chi connectivity index (χ1) is 7.84. The normalized spacial score (nSPS) is 13.9. The van der Waals surface area contributed by atoms with Crippen LogP contribution in [0.2, 0.25) is 0 Å². The van der Waals surface area contributed by atoms with Gasteiger partial charge >= 0.3 is 5.76 Å². The third-order valence-corrected chi connectivity index (χ3v) is 2.63. The van der Waals surface area contributed by atoms with Gasteiger partial charge in [0.25, 0.3) is 0 Å². The van der Waals surface area contributed by atoms with Crippen molar-refractivity contribution in [2.24, 2.45) is 5.41 Å². The van der Waals surface area contributed by atoms with E-state index in [1.165, 1.54) is 5.57 Å². The summed E-state index contributed by atoms with van der Waals surface area (Å²) < 4.78 is 4.45. The Hall–Kier alpha value is -1.84. The molecule has 0 aromatic carbocycles. The van der Waals surface area contributed by atoms with Gasteiger partial charge in [0.2, 0.25) is 0 Å². The van der Waals surface area contributed by atoms with Crippen molar-refractivity contribution < 1.29 is 4.52 Å². The van der Waals surface area contributed by atoms with E-state index in [1.807, 2.05) is 12.2 Å². The van der Waals surface area contributed by atoms with Crippen LogP contribution in [0.1, 0.15) is 33.5 Å². The van der Waals surface area contributed by atoms with Crippen LogP contribution >= 0.6 is 0 Å². The fraction of sp³-hybridized carbons (Fsp3) is 0.385. The summed E-state index contributed by atoms with van der Waals surface area (Å²) in [5.74, 6) is -0.174. The average molecular weight is 234 g/mol. The van der Waals surface area contributed by atoms with Crippen LogP contribution in [0.15, 0.2) is 39.7 Å². The molecule has 0 atom stereocenters. The maximum atomic E-state index is 10.8. The third-order valence-electron chi connectivity index (χ3n) is 2.63. The second-order valence-corrected chi connectivity index (χ2v) is 4.87. The molecule has 0 aliphatic heterocycles. The van der Waals surface area contributed by atoms with E-state index in [2.05, 4.69) is 48.9 Å².